The van der Waals surface area contributed by atoms with Gasteiger partial charge in [0.1, 0.15) is 0 Å². The third-order valence-electron chi connectivity index (χ3n) is 4.62. The molecule has 0 aliphatic carbocycles. The molecule has 2 heterocycles. The van der Waals surface area contributed by atoms with Crippen molar-refractivity contribution in [2.75, 3.05) is 26.2 Å². The zero-order valence-corrected chi connectivity index (χ0v) is 15.7. The number of esters is 1. The van der Waals surface area contributed by atoms with E-state index < -0.39 is 30.4 Å². The van der Waals surface area contributed by atoms with Crippen LogP contribution in [0.5, 0.6) is 0 Å². The molecule has 1 fully saturated rings. The highest BCUT2D eigenvalue weighted by atomic mass is 16.5. The first-order valence-corrected chi connectivity index (χ1v) is 9.05. The van der Waals surface area contributed by atoms with Gasteiger partial charge in [0, 0.05) is 19.6 Å². The van der Waals surface area contributed by atoms with Crippen LogP contribution in [-0.4, -0.2) is 65.8 Å². The number of carbonyl (C=O) groups is 5. The molecule has 1 saturated heterocycles. The first-order valence-electron chi connectivity index (χ1n) is 9.05. The van der Waals surface area contributed by atoms with Crippen LogP contribution < -0.4 is 5.32 Å². The number of hydrogen-bond donors (Lipinski definition) is 1. The van der Waals surface area contributed by atoms with E-state index in [0.717, 1.165) is 4.90 Å². The van der Waals surface area contributed by atoms with Crippen molar-refractivity contribution in [2.24, 2.45) is 5.92 Å². The van der Waals surface area contributed by atoms with E-state index in [1.807, 2.05) is 13.8 Å². The summed E-state index contributed by atoms with van der Waals surface area (Å²) in [7, 11) is 0. The average molecular weight is 387 g/mol. The Labute approximate surface area is 161 Å². The monoisotopic (exact) mass is 387 g/mol. The lowest BCUT2D eigenvalue weighted by Crippen LogP contribution is -2.37. The number of amides is 5. The number of rotatable bonds is 6. The molecule has 28 heavy (non-hydrogen) atoms. The molecule has 3 rings (SSSR count). The topological polar surface area (TPSA) is 113 Å². The number of imide groups is 2. The summed E-state index contributed by atoms with van der Waals surface area (Å²) in [4.78, 5) is 62.6. The summed E-state index contributed by atoms with van der Waals surface area (Å²) in [5.41, 5.74) is 0.452. The number of nitrogens with zero attached hydrogens (tertiary/aromatic N) is 2. The molecule has 9 heteroatoms. The Kier molecular flexibility index (Phi) is 5.43. The van der Waals surface area contributed by atoms with Crippen LogP contribution in [0.15, 0.2) is 18.2 Å². The van der Waals surface area contributed by atoms with Gasteiger partial charge in [-0.2, -0.15) is 0 Å². The first kappa shape index (κ1) is 19.5. The maximum atomic E-state index is 12.5. The summed E-state index contributed by atoms with van der Waals surface area (Å²) in [5.74, 6) is -1.92. The number of ether oxygens (including phenoxy) is 1. The minimum absolute atomic E-state index is 0.0595. The van der Waals surface area contributed by atoms with E-state index in [1.54, 1.807) is 0 Å². The van der Waals surface area contributed by atoms with E-state index in [4.69, 9.17) is 4.74 Å². The lowest BCUT2D eigenvalue weighted by atomic mass is 10.1. The van der Waals surface area contributed by atoms with Crippen molar-refractivity contribution in [3.05, 3.63) is 34.9 Å². The molecule has 0 saturated carbocycles. The van der Waals surface area contributed by atoms with E-state index in [1.165, 1.54) is 23.1 Å². The molecule has 1 aromatic rings. The highest BCUT2D eigenvalue weighted by Crippen LogP contribution is 2.25. The van der Waals surface area contributed by atoms with Crippen molar-refractivity contribution >= 4 is 29.7 Å². The van der Waals surface area contributed by atoms with Crippen molar-refractivity contribution in [2.45, 2.75) is 20.3 Å². The lowest BCUT2D eigenvalue weighted by molar-refractivity contribution is -0.130. The number of urea groups is 1. The van der Waals surface area contributed by atoms with Crippen LogP contribution in [0.25, 0.3) is 0 Å². The molecule has 0 bridgehead atoms. The average Bonchev–Trinajstić information content (AvgIpc) is 3.19. The molecule has 0 atom stereocenters. The maximum absolute atomic E-state index is 12.5. The third-order valence-corrected chi connectivity index (χ3v) is 4.62. The summed E-state index contributed by atoms with van der Waals surface area (Å²) in [5, 5.41) is 2.48. The van der Waals surface area contributed by atoms with Crippen LogP contribution in [0.1, 0.15) is 51.3 Å². The molecule has 0 aromatic heterocycles. The van der Waals surface area contributed by atoms with E-state index in [0.29, 0.717) is 25.4 Å². The van der Waals surface area contributed by atoms with Gasteiger partial charge in [-0.05, 0) is 30.5 Å². The Morgan fingerprint density at radius 3 is 2.50 bits per heavy atom. The Morgan fingerprint density at radius 1 is 1.14 bits per heavy atom. The Balaban J connectivity index is 1.66. The molecule has 148 valence electrons. The van der Waals surface area contributed by atoms with Gasteiger partial charge in [-0.1, -0.05) is 13.8 Å². The smallest absolute Gasteiger partial charge is 0.338 e. The largest absolute Gasteiger partial charge is 0.452 e. The second-order valence-corrected chi connectivity index (χ2v) is 7.06. The van der Waals surface area contributed by atoms with E-state index >= 15 is 0 Å². The summed E-state index contributed by atoms with van der Waals surface area (Å²) >= 11 is 0. The van der Waals surface area contributed by atoms with E-state index in [2.05, 4.69) is 5.32 Å². The van der Waals surface area contributed by atoms with Gasteiger partial charge in [0.2, 0.25) is 0 Å². The van der Waals surface area contributed by atoms with Crippen molar-refractivity contribution in [1.29, 1.82) is 0 Å². The minimum atomic E-state index is -0.809. The van der Waals surface area contributed by atoms with Crippen LogP contribution in [-0.2, 0) is 9.53 Å². The van der Waals surface area contributed by atoms with Crippen LogP contribution in [0.3, 0.4) is 0 Å². The Hall–Kier alpha value is -3.23. The summed E-state index contributed by atoms with van der Waals surface area (Å²) in [6.45, 7) is 4.30. The lowest BCUT2D eigenvalue weighted by Gasteiger charge is -2.14. The van der Waals surface area contributed by atoms with Gasteiger partial charge in [-0.3, -0.25) is 24.2 Å². The predicted molar refractivity (Wildman–Crippen MR) is 96.7 cm³/mol. The zero-order chi connectivity index (χ0) is 20.4. The van der Waals surface area contributed by atoms with Gasteiger partial charge in [0.15, 0.2) is 6.61 Å². The standard InChI is InChI=1S/C19H21N3O6/c1-11(2)5-7-22-16(24)13-4-3-12(9-14(13)17(22)25)18(26)28-10-15(23)21-8-6-20-19(21)27/h3-4,9,11H,5-8,10H2,1-2H3,(H,20,27). The number of nitrogens with one attached hydrogen (secondary N) is 1. The van der Waals surface area contributed by atoms with Crippen LogP contribution in [0, 0.1) is 5.92 Å². The van der Waals surface area contributed by atoms with Gasteiger partial charge in [-0.15, -0.1) is 0 Å². The normalized spacial score (nSPS) is 15.9. The van der Waals surface area contributed by atoms with Crippen LogP contribution >= 0.6 is 0 Å². The Morgan fingerprint density at radius 2 is 1.86 bits per heavy atom. The number of fused-ring (bicyclic) bond motifs is 1. The minimum Gasteiger partial charge on any atom is -0.452 e. The van der Waals surface area contributed by atoms with E-state index in [-0.39, 0.29) is 29.1 Å². The second kappa shape index (κ2) is 7.79. The fourth-order valence-corrected chi connectivity index (χ4v) is 3.01. The Bertz CT molecular complexity index is 863. The summed E-state index contributed by atoms with van der Waals surface area (Å²) in [6, 6.07) is 3.58. The molecular weight excluding hydrogens is 366 g/mol. The number of carbonyl (C=O) groups excluding carboxylic acids is 5. The summed E-state index contributed by atoms with van der Waals surface area (Å²) in [6.07, 6.45) is 0.687. The zero-order valence-electron chi connectivity index (χ0n) is 15.7. The van der Waals surface area contributed by atoms with E-state index in [9.17, 15) is 24.0 Å². The molecule has 0 radical (unpaired) electrons. The highest BCUT2D eigenvalue weighted by Gasteiger charge is 2.36. The van der Waals surface area contributed by atoms with Crippen molar-refractivity contribution < 1.29 is 28.7 Å². The number of hydrogen-bond acceptors (Lipinski definition) is 6. The second-order valence-electron chi connectivity index (χ2n) is 7.06. The van der Waals surface area contributed by atoms with Crippen molar-refractivity contribution in [3.63, 3.8) is 0 Å². The number of benzene rings is 1. The van der Waals surface area contributed by atoms with Crippen LogP contribution in [0.4, 0.5) is 4.79 Å². The molecule has 9 nitrogen and oxygen atoms in total. The van der Waals surface area contributed by atoms with Crippen molar-refractivity contribution in [1.82, 2.24) is 15.1 Å². The quantitative estimate of drug-likeness (QED) is 0.576. The fourth-order valence-electron chi connectivity index (χ4n) is 3.01. The van der Waals surface area contributed by atoms with Crippen molar-refractivity contribution in [3.8, 4) is 0 Å². The molecule has 2 aliphatic rings. The van der Waals surface area contributed by atoms with Gasteiger partial charge >= 0.3 is 12.0 Å². The molecule has 0 unspecified atom stereocenters. The third kappa shape index (κ3) is 3.73. The molecule has 0 spiro atoms. The first-order chi connectivity index (χ1) is 13.3. The SMILES string of the molecule is CC(C)CCN1C(=O)c2ccc(C(=O)OCC(=O)N3CCNC3=O)cc2C1=O. The molecule has 1 aromatic carbocycles. The van der Waals surface area contributed by atoms with Crippen LogP contribution in [0.2, 0.25) is 0 Å². The summed E-state index contributed by atoms with van der Waals surface area (Å²) < 4.78 is 4.96. The van der Waals surface area contributed by atoms with Gasteiger partial charge < -0.3 is 10.1 Å². The van der Waals surface area contributed by atoms with Gasteiger partial charge in [0.05, 0.1) is 16.7 Å². The molecular formula is C19H21N3O6. The molecule has 5 amide bonds. The predicted octanol–water partition coefficient (Wildman–Crippen LogP) is 1.04. The molecule has 2 aliphatic heterocycles. The molecule has 1 N–H and O–H groups in total. The van der Waals surface area contributed by atoms with Gasteiger partial charge in [0.25, 0.3) is 17.7 Å². The van der Waals surface area contributed by atoms with Gasteiger partial charge in [-0.25, -0.2) is 9.59 Å². The highest BCUT2D eigenvalue weighted by molar-refractivity contribution is 6.22. The maximum Gasteiger partial charge on any atom is 0.338 e. The fraction of sp³-hybridized carbons (Fsp3) is 0.421.